The summed E-state index contributed by atoms with van der Waals surface area (Å²) in [5, 5.41) is 61.4. The molecule has 12 atom stereocenters. The standard InChI is InChI=1S/C67H86N16O16S4/c1-3-5-15-44-57(88)75-46(24-37-18-20-40(85)21-19-37)59(90)82-53(67(98)99)34-103-102-33-52-64(95)79-49(30-84)61(92)78-48(26-39-29-69-35-71-39)66(97)83-22-11-17-54(83)65(96)73-42(4-2)56(87)80-51(32-101-100-31-50(62(93)81-52)72-55(86)27-68)63(94)76-45(23-36-12-7-6-8-13-36)58(89)77-47(60(91)74-44)25-38-28-70-43-16-10-9-14-41(38)43/h6-10,12-14,16,18-21,28-29,35,42,44-54,70,84-85H,3-5,11,15,17,22-27,30-34,68H2,1-2H3,(H,69,71)(H,72,86)(H,73,96)(H,74,91)(H,75,88)(H,76,94)(H,77,89)(H,78,92)(H,79,95)(H,80,87)(H,81,93)(H,82,90)(H,98,99)/t42-,44-,45-,46-,47-,48-,49-,50-,51-,52-,53-,54-/m0/s1. The molecule has 3 aliphatic rings. The van der Waals surface area contributed by atoms with Gasteiger partial charge in [0.2, 0.25) is 70.9 Å². The van der Waals surface area contributed by atoms with Crippen molar-refractivity contribution in [3.05, 3.63) is 120 Å². The molecule has 3 saturated heterocycles. The van der Waals surface area contributed by atoms with Gasteiger partial charge in [0.05, 0.1) is 19.5 Å². The van der Waals surface area contributed by atoms with Crippen LogP contribution in [0.2, 0.25) is 0 Å². The molecule has 3 aromatic carbocycles. The quantitative estimate of drug-likeness (QED) is 0.0506. The van der Waals surface area contributed by atoms with Gasteiger partial charge in [0, 0.05) is 84.2 Å². The highest BCUT2D eigenvalue weighted by molar-refractivity contribution is 8.77. The number of phenolic OH excluding ortho intramolecular Hbond substituents is 1. The number of carbonyl (C=O) groups excluding carboxylic acids is 12. The summed E-state index contributed by atoms with van der Waals surface area (Å²) in [7, 11) is 3.48. The average molecular weight is 1500 g/mol. The van der Waals surface area contributed by atoms with Crippen molar-refractivity contribution in [2.75, 3.05) is 42.7 Å². The number of hydrogen-bond acceptors (Lipinski definition) is 21. The summed E-state index contributed by atoms with van der Waals surface area (Å²) in [5.74, 6) is -14.2. The molecule has 12 amide bonds. The predicted octanol–water partition coefficient (Wildman–Crippen LogP) is -1.38. The number of fused-ring (bicyclic) bond motifs is 10. The second-order valence-electron chi connectivity index (χ2n) is 24.7. The normalized spacial score (nSPS) is 25.6. The number of carboxylic acid groups (broad SMARTS) is 1. The Bertz CT molecular complexity index is 3800. The summed E-state index contributed by atoms with van der Waals surface area (Å²) in [6, 6.07) is 2.95. The second-order valence-corrected chi connectivity index (χ2v) is 29.8. The monoisotopic (exact) mass is 1500 g/mol. The summed E-state index contributed by atoms with van der Waals surface area (Å²) < 4.78 is 0. The molecule has 32 nitrogen and oxygen atoms in total. The van der Waals surface area contributed by atoms with Crippen molar-refractivity contribution in [3.63, 3.8) is 0 Å². The number of H-pyrrole nitrogens is 2. The molecule has 5 aromatic rings. The van der Waals surface area contributed by atoms with Crippen molar-refractivity contribution in [3.8, 4) is 5.75 Å². The van der Waals surface area contributed by atoms with E-state index >= 15 is 14.4 Å². The number of aromatic nitrogens is 3. The van der Waals surface area contributed by atoms with Crippen LogP contribution in [0.1, 0.15) is 74.8 Å². The van der Waals surface area contributed by atoms with Gasteiger partial charge in [-0.2, -0.15) is 0 Å². The van der Waals surface area contributed by atoms with Gasteiger partial charge in [-0.15, -0.1) is 0 Å². The number of aliphatic carboxylic acids is 1. The van der Waals surface area contributed by atoms with Crippen molar-refractivity contribution >= 4 is 131 Å². The first kappa shape index (κ1) is 79.3. The van der Waals surface area contributed by atoms with Crippen molar-refractivity contribution in [1.82, 2.24) is 78.3 Å². The number of nitrogens with zero attached hydrogens (tertiary/aromatic N) is 2. The molecule has 18 N–H and O–H groups in total. The van der Waals surface area contributed by atoms with Crippen LogP contribution in [0.4, 0.5) is 0 Å². The van der Waals surface area contributed by atoms with Crippen LogP contribution < -0.4 is 64.2 Å². The fraction of sp³-hybridized carbons (Fsp3) is 0.463. The zero-order chi connectivity index (χ0) is 74.1. The summed E-state index contributed by atoms with van der Waals surface area (Å²) in [6.07, 6.45) is 4.69. The molecule has 0 spiro atoms. The summed E-state index contributed by atoms with van der Waals surface area (Å²) in [5.41, 5.74) is 8.26. The highest BCUT2D eigenvalue weighted by Crippen LogP contribution is 2.27. The summed E-state index contributed by atoms with van der Waals surface area (Å²) >= 11 is 0. The average Bonchev–Trinajstić information content (AvgIpc) is 1.73. The first-order valence-corrected chi connectivity index (χ1v) is 38.5. The zero-order valence-corrected chi connectivity index (χ0v) is 59.7. The third-order valence-electron chi connectivity index (χ3n) is 17.2. The summed E-state index contributed by atoms with van der Waals surface area (Å²) in [6.45, 7) is 1.76. The molecule has 3 aliphatic heterocycles. The number of rotatable bonds is 16. The topological polar surface area (TPSA) is 489 Å². The smallest absolute Gasteiger partial charge is 0.327 e. The maximum atomic E-state index is 15.3. The van der Waals surface area contributed by atoms with Crippen LogP contribution in [-0.2, 0) is 88.0 Å². The van der Waals surface area contributed by atoms with E-state index in [1.807, 2.05) is 13.0 Å². The molecular formula is C67H86N16O16S4. The van der Waals surface area contributed by atoms with E-state index in [2.05, 4.69) is 73.4 Å². The molecule has 0 radical (unpaired) electrons. The third-order valence-corrected chi connectivity index (χ3v) is 22.1. The fourth-order valence-corrected chi connectivity index (χ4v) is 16.2. The van der Waals surface area contributed by atoms with E-state index in [1.165, 1.54) is 41.7 Å². The lowest BCUT2D eigenvalue weighted by Gasteiger charge is -2.30. The lowest BCUT2D eigenvalue weighted by atomic mass is 10.0. The van der Waals surface area contributed by atoms with Gasteiger partial charge >= 0.3 is 5.97 Å². The van der Waals surface area contributed by atoms with E-state index < -0.39 is 174 Å². The Morgan fingerprint density at radius 3 is 1.75 bits per heavy atom. The number of aliphatic hydroxyl groups is 1. The molecule has 2 bridgehead atoms. The van der Waals surface area contributed by atoms with E-state index in [0.717, 1.165) is 43.2 Å². The molecule has 554 valence electrons. The van der Waals surface area contributed by atoms with Gasteiger partial charge in [0.15, 0.2) is 0 Å². The number of nitrogens with two attached hydrogens (primary N) is 1. The van der Waals surface area contributed by atoms with Crippen LogP contribution in [0.3, 0.4) is 0 Å². The Hall–Kier alpha value is -9.36. The molecule has 5 heterocycles. The number of para-hydroxylation sites is 1. The van der Waals surface area contributed by atoms with Gasteiger partial charge in [0.25, 0.3) is 0 Å². The van der Waals surface area contributed by atoms with Crippen LogP contribution in [0.25, 0.3) is 10.9 Å². The number of carbonyl (C=O) groups is 13. The maximum Gasteiger partial charge on any atom is 0.327 e. The number of aliphatic hydroxyl groups excluding tert-OH is 1. The van der Waals surface area contributed by atoms with Crippen molar-refractivity contribution in [2.45, 2.75) is 151 Å². The minimum absolute atomic E-state index is 0.00180. The fourth-order valence-electron chi connectivity index (χ4n) is 11.6. The Kier molecular flexibility index (Phi) is 30.3. The van der Waals surface area contributed by atoms with Crippen LogP contribution >= 0.6 is 43.2 Å². The first-order chi connectivity index (χ1) is 49.6. The van der Waals surface area contributed by atoms with Gasteiger partial charge in [-0.25, -0.2) is 9.78 Å². The number of imidazole rings is 1. The Balaban J connectivity index is 1.23. The van der Waals surface area contributed by atoms with Gasteiger partial charge in [-0.05, 0) is 60.6 Å². The highest BCUT2D eigenvalue weighted by atomic mass is 33.1. The van der Waals surface area contributed by atoms with Gasteiger partial charge in [0.1, 0.15) is 78.3 Å². The molecule has 2 aromatic heterocycles. The van der Waals surface area contributed by atoms with Gasteiger partial charge < -0.3 is 94.4 Å². The number of aromatic hydroxyl groups is 1. The maximum absolute atomic E-state index is 15.3. The van der Waals surface area contributed by atoms with E-state index in [9.17, 15) is 63.3 Å². The largest absolute Gasteiger partial charge is 0.508 e. The van der Waals surface area contributed by atoms with Crippen LogP contribution in [0.15, 0.2) is 97.6 Å². The number of amides is 12. The van der Waals surface area contributed by atoms with E-state index in [4.69, 9.17) is 5.73 Å². The predicted molar refractivity (Wildman–Crippen MR) is 386 cm³/mol. The number of carboxylic acids is 1. The molecule has 36 heteroatoms. The molecule has 103 heavy (non-hydrogen) atoms. The second kappa shape index (κ2) is 39.3. The highest BCUT2D eigenvalue weighted by Gasteiger charge is 2.42. The van der Waals surface area contributed by atoms with Crippen molar-refractivity contribution in [2.24, 2.45) is 5.73 Å². The number of nitrogens with one attached hydrogen (secondary N) is 13. The Labute approximate surface area is 608 Å². The lowest BCUT2D eigenvalue weighted by molar-refractivity contribution is -0.142. The van der Waals surface area contributed by atoms with E-state index in [0.29, 0.717) is 52.5 Å². The van der Waals surface area contributed by atoms with E-state index in [1.54, 1.807) is 61.7 Å². The van der Waals surface area contributed by atoms with E-state index in [-0.39, 0.29) is 68.7 Å². The number of hydrogen-bond donors (Lipinski definition) is 17. The number of phenols is 1. The molecular weight excluding hydrogens is 1410 g/mol. The number of unbranched alkanes of at least 4 members (excludes halogenated alkanes) is 1. The molecule has 0 aliphatic carbocycles. The molecule has 0 unspecified atom stereocenters. The van der Waals surface area contributed by atoms with Crippen LogP contribution in [0, 0.1) is 0 Å². The first-order valence-electron chi connectivity index (χ1n) is 33.6. The molecule has 3 fully saturated rings. The molecule has 8 rings (SSSR count). The summed E-state index contributed by atoms with van der Waals surface area (Å²) in [4.78, 5) is 200. The minimum Gasteiger partial charge on any atom is -0.508 e. The zero-order valence-electron chi connectivity index (χ0n) is 56.4. The van der Waals surface area contributed by atoms with Gasteiger partial charge in [-0.1, -0.05) is 131 Å². The number of benzene rings is 3. The van der Waals surface area contributed by atoms with Crippen LogP contribution in [0.5, 0.6) is 5.75 Å². The number of aromatic amines is 2. The van der Waals surface area contributed by atoms with Crippen LogP contribution in [-0.4, -0.2) is 227 Å². The minimum atomic E-state index is -1.83. The molecule has 0 saturated carbocycles. The Morgan fingerprint density at radius 1 is 0.573 bits per heavy atom. The van der Waals surface area contributed by atoms with Crippen molar-refractivity contribution < 1.29 is 77.6 Å². The Morgan fingerprint density at radius 2 is 1.12 bits per heavy atom. The van der Waals surface area contributed by atoms with Gasteiger partial charge in [-0.3, -0.25) is 57.5 Å². The lowest BCUT2D eigenvalue weighted by Crippen LogP contribution is -2.61. The SMILES string of the molecule is CCCC[C@@H]1NC(=O)[C@H](Cc2c[nH]c3ccccc23)NC(=O)[C@H](Cc2ccccc2)NC(=O)[C@@H]2CSSC[C@H](NC(=O)CN)C(=O)N[C@@H](CSSC[C@@H](C(=O)O)NC(=O)[C@H](Cc3ccc(O)cc3)NC1=O)C(=O)N[C@@H](CO)C(=O)N[C@@H](Cc1cnc[nH]1)C(=O)N1CCC[C@H]1C(=O)N[C@@H](CC)C(=O)N2. The van der Waals surface area contributed by atoms with Crippen molar-refractivity contribution in [1.29, 1.82) is 0 Å². The third kappa shape index (κ3) is 23.1.